The van der Waals surface area contributed by atoms with E-state index in [-0.39, 0.29) is 6.54 Å². The molecule has 152 valence electrons. The molecule has 0 fully saturated rings. The Hall–Kier alpha value is -2.72. The Morgan fingerprint density at radius 1 is 1.18 bits per heavy atom. The molecule has 0 saturated carbocycles. The predicted octanol–water partition coefficient (Wildman–Crippen LogP) is 1.58. The number of ether oxygens (including phenoxy) is 1. The van der Waals surface area contributed by atoms with Crippen LogP contribution in [0.25, 0.3) is 0 Å². The molecule has 2 rings (SSSR count). The van der Waals surface area contributed by atoms with Gasteiger partial charge in [-0.25, -0.2) is 12.8 Å². The van der Waals surface area contributed by atoms with Gasteiger partial charge in [-0.05, 0) is 30.2 Å². The summed E-state index contributed by atoms with van der Waals surface area (Å²) in [6, 6.07) is 6.84. The van der Waals surface area contributed by atoms with E-state index in [1.54, 1.807) is 26.0 Å². The maximum Gasteiger partial charge on any atom is 0.324 e. The van der Waals surface area contributed by atoms with Crippen LogP contribution in [0.5, 0.6) is 0 Å². The lowest BCUT2D eigenvalue weighted by Crippen LogP contribution is -2.46. The maximum absolute atomic E-state index is 13.8. The predicted molar refractivity (Wildman–Crippen MR) is 96.9 cm³/mol. The van der Waals surface area contributed by atoms with Crippen LogP contribution in [0, 0.1) is 11.7 Å². The summed E-state index contributed by atoms with van der Waals surface area (Å²) in [5.41, 5.74) is 0. The number of halogens is 1. The lowest BCUT2D eigenvalue weighted by Gasteiger charge is -2.20. The first-order chi connectivity index (χ1) is 13.2. The highest BCUT2D eigenvalue weighted by molar-refractivity contribution is 7.89. The SMILES string of the molecule is CC(C)[C@H](NS(=O)(=O)c1ccccc1F)C(=O)OCC(=O)NCc1ccco1. The average molecular weight is 412 g/mol. The highest BCUT2D eigenvalue weighted by atomic mass is 32.2. The van der Waals surface area contributed by atoms with Crippen LogP contribution in [0.4, 0.5) is 4.39 Å². The molecule has 28 heavy (non-hydrogen) atoms. The van der Waals surface area contributed by atoms with Crippen LogP contribution < -0.4 is 10.0 Å². The normalized spacial score (nSPS) is 12.6. The molecule has 0 radical (unpaired) electrons. The van der Waals surface area contributed by atoms with Crippen LogP contribution in [0.15, 0.2) is 52.0 Å². The zero-order valence-corrected chi connectivity index (χ0v) is 16.2. The number of hydrogen-bond acceptors (Lipinski definition) is 6. The number of benzene rings is 1. The van der Waals surface area contributed by atoms with Crippen LogP contribution in [-0.2, 0) is 30.9 Å². The zero-order chi connectivity index (χ0) is 20.7. The van der Waals surface area contributed by atoms with E-state index in [1.165, 1.54) is 18.4 Å². The number of amides is 1. The summed E-state index contributed by atoms with van der Waals surface area (Å²) in [6.07, 6.45) is 1.45. The van der Waals surface area contributed by atoms with Gasteiger partial charge in [-0.15, -0.1) is 0 Å². The zero-order valence-electron chi connectivity index (χ0n) is 15.3. The number of hydrogen-bond donors (Lipinski definition) is 2. The molecule has 0 spiro atoms. The van der Waals surface area contributed by atoms with E-state index < -0.39 is 51.2 Å². The fourth-order valence-corrected chi connectivity index (χ4v) is 3.64. The first-order valence-corrected chi connectivity index (χ1v) is 9.91. The molecular formula is C18H21FN2O6S. The van der Waals surface area contributed by atoms with Crippen molar-refractivity contribution in [3.05, 3.63) is 54.2 Å². The minimum Gasteiger partial charge on any atom is -0.467 e. The van der Waals surface area contributed by atoms with Crippen LogP contribution in [0.3, 0.4) is 0 Å². The van der Waals surface area contributed by atoms with E-state index in [0.717, 1.165) is 12.1 Å². The minimum absolute atomic E-state index is 0.122. The molecular weight excluding hydrogens is 391 g/mol. The summed E-state index contributed by atoms with van der Waals surface area (Å²) in [5, 5.41) is 2.49. The van der Waals surface area contributed by atoms with Crippen LogP contribution >= 0.6 is 0 Å². The van der Waals surface area contributed by atoms with Crippen molar-refractivity contribution in [2.75, 3.05) is 6.61 Å². The molecule has 1 amide bonds. The van der Waals surface area contributed by atoms with E-state index in [2.05, 4.69) is 10.0 Å². The molecule has 0 unspecified atom stereocenters. The van der Waals surface area contributed by atoms with Gasteiger partial charge < -0.3 is 14.5 Å². The van der Waals surface area contributed by atoms with E-state index >= 15 is 0 Å². The second-order valence-electron chi connectivity index (χ2n) is 6.24. The molecule has 1 aromatic carbocycles. The number of furan rings is 1. The lowest BCUT2D eigenvalue weighted by molar-refractivity contribution is -0.151. The number of sulfonamides is 1. The van der Waals surface area contributed by atoms with Gasteiger partial charge in [0.1, 0.15) is 22.5 Å². The van der Waals surface area contributed by atoms with Gasteiger partial charge in [0, 0.05) is 0 Å². The molecule has 1 aromatic heterocycles. The Labute approximate surface area is 162 Å². The first kappa shape index (κ1) is 21.6. The number of esters is 1. The highest BCUT2D eigenvalue weighted by Gasteiger charge is 2.31. The maximum atomic E-state index is 13.8. The molecule has 1 heterocycles. The molecule has 0 aliphatic heterocycles. The topological polar surface area (TPSA) is 115 Å². The molecule has 0 aliphatic carbocycles. The quantitative estimate of drug-likeness (QED) is 0.605. The third-order valence-electron chi connectivity index (χ3n) is 3.71. The summed E-state index contributed by atoms with van der Waals surface area (Å²) in [5.74, 6) is -2.44. The van der Waals surface area contributed by atoms with Crippen molar-refractivity contribution in [2.45, 2.75) is 31.3 Å². The molecule has 0 aliphatic rings. The Morgan fingerprint density at radius 3 is 2.50 bits per heavy atom. The van der Waals surface area contributed by atoms with E-state index in [0.29, 0.717) is 5.76 Å². The van der Waals surface area contributed by atoms with Gasteiger partial charge in [-0.3, -0.25) is 9.59 Å². The fourth-order valence-electron chi connectivity index (χ4n) is 2.23. The minimum atomic E-state index is -4.30. The summed E-state index contributed by atoms with van der Waals surface area (Å²) < 4.78 is 50.7. The van der Waals surface area contributed by atoms with Gasteiger partial charge in [-0.1, -0.05) is 26.0 Å². The molecule has 1 atom stereocenters. The Bertz CT molecular complexity index is 912. The van der Waals surface area contributed by atoms with Gasteiger partial charge in [0.05, 0.1) is 12.8 Å². The van der Waals surface area contributed by atoms with E-state index in [4.69, 9.17) is 9.15 Å². The van der Waals surface area contributed by atoms with Crippen molar-refractivity contribution in [1.82, 2.24) is 10.0 Å². The summed E-state index contributed by atoms with van der Waals surface area (Å²) >= 11 is 0. The smallest absolute Gasteiger partial charge is 0.324 e. The average Bonchev–Trinajstić information content (AvgIpc) is 3.16. The van der Waals surface area contributed by atoms with Crippen molar-refractivity contribution in [1.29, 1.82) is 0 Å². The van der Waals surface area contributed by atoms with Gasteiger partial charge in [0.2, 0.25) is 10.0 Å². The van der Waals surface area contributed by atoms with E-state index in [9.17, 15) is 22.4 Å². The second kappa shape index (κ2) is 9.47. The van der Waals surface area contributed by atoms with Crippen molar-refractivity contribution < 1.29 is 31.6 Å². The largest absolute Gasteiger partial charge is 0.467 e. The van der Waals surface area contributed by atoms with Gasteiger partial charge in [-0.2, -0.15) is 4.72 Å². The molecule has 0 bridgehead atoms. The van der Waals surface area contributed by atoms with Crippen molar-refractivity contribution in [2.24, 2.45) is 5.92 Å². The summed E-state index contributed by atoms with van der Waals surface area (Å²) in [7, 11) is -4.30. The number of carbonyl (C=O) groups is 2. The monoisotopic (exact) mass is 412 g/mol. The summed E-state index contributed by atoms with van der Waals surface area (Å²) in [4.78, 5) is 23.5. The van der Waals surface area contributed by atoms with Crippen LogP contribution in [0.1, 0.15) is 19.6 Å². The van der Waals surface area contributed by atoms with Crippen molar-refractivity contribution in [3.8, 4) is 0 Å². The molecule has 10 heteroatoms. The van der Waals surface area contributed by atoms with Gasteiger partial charge >= 0.3 is 5.97 Å². The summed E-state index contributed by atoms with van der Waals surface area (Å²) in [6.45, 7) is 2.71. The number of rotatable bonds is 9. The number of nitrogens with one attached hydrogen (secondary N) is 2. The molecule has 8 nitrogen and oxygen atoms in total. The lowest BCUT2D eigenvalue weighted by atomic mass is 10.1. The van der Waals surface area contributed by atoms with Crippen molar-refractivity contribution in [3.63, 3.8) is 0 Å². The Kier molecular flexibility index (Phi) is 7.30. The Morgan fingerprint density at radius 2 is 1.89 bits per heavy atom. The first-order valence-electron chi connectivity index (χ1n) is 8.43. The van der Waals surface area contributed by atoms with Crippen LogP contribution in [0.2, 0.25) is 0 Å². The number of carbonyl (C=O) groups excluding carboxylic acids is 2. The molecule has 2 aromatic rings. The fraction of sp³-hybridized carbons (Fsp3) is 0.333. The Balaban J connectivity index is 1.96. The van der Waals surface area contributed by atoms with Crippen LogP contribution in [-0.4, -0.2) is 32.9 Å². The van der Waals surface area contributed by atoms with Gasteiger partial charge in [0.25, 0.3) is 5.91 Å². The third-order valence-corrected chi connectivity index (χ3v) is 5.19. The van der Waals surface area contributed by atoms with Gasteiger partial charge in [0.15, 0.2) is 6.61 Å². The third kappa shape index (κ3) is 5.89. The molecule has 0 saturated heterocycles. The molecule has 2 N–H and O–H groups in total. The van der Waals surface area contributed by atoms with Crippen molar-refractivity contribution >= 4 is 21.9 Å². The second-order valence-corrected chi connectivity index (χ2v) is 7.92. The highest BCUT2D eigenvalue weighted by Crippen LogP contribution is 2.16. The standard InChI is InChI=1S/C18H21FN2O6S/c1-12(2)17(21-28(24,25)15-8-4-3-7-14(15)19)18(23)27-11-16(22)20-10-13-6-5-9-26-13/h3-9,12,17,21H,10-11H2,1-2H3,(H,20,22)/t17-/m0/s1. The van der Waals surface area contributed by atoms with E-state index in [1.807, 2.05) is 0 Å².